The number of fused-ring (bicyclic) bond motifs is 1. The second-order valence-electron chi connectivity index (χ2n) is 3.15. The molecule has 0 radical (unpaired) electrons. The average molecular weight is 190 g/mol. The van der Waals surface area contributed by atoms with Crippen LogP contribution in [0.1, 0.15) is 5.56 Å². The number of para-hydroxylation sites is 1. The Morgan fingerprint density at radius 1 is 1.43 bits per heavy atom. The van der Waals surface area contributed by atoms with Gasteiger partial charge in [0.05, 0.1) is 0 Å². The lowest BCUT2D eigenvalue weighted by molar-refractivity contribution is -0.140. The topological polar surface area (TPSA) is 46.5 Å². The molecule has 1 N–H and O–H groups in total. The molecular formula is C11H10O3. The van der Waals surface area contributed by atoms with Crippen molar-refractivity contribution < 1.29 is 14.6 Å². The minimum Gasteiger partial charge on any atom is -0.492 e. The van der Waals surface area contributed by atoms with E-state index in [-0.39, 0.29) is 6.61 Å². The van der Waals surface area contributed by atoms with E-state index < -0.39 is 11.9 Å². The van der Waals surface area contributed by atoms with Crippen LogP contribution in [-0.2, 0) is 4.79 Å². The molecule has 0 fully saturated rings. The normalized spacial score (nSPS) is 19.3. The fraction of sp³-hybridized carbons (Fsp3) is 0.182. The van der Waals surface area contributed by atoms with Gasteiger partial charge in [-0.15, -0.1) is 0 Å². The summed E-state index contributed by atoms with van der Waals surface area (Å²) in [6, 6.07) is 7.50. The van der Waals surface area contributed by atoms with E-state index in [9.17, 15) is 4.79 Å². The van der Waals surface area contributed by atoms with E-state index in [0.717, 1.165) is 11.3 Å². The SMILES string of the molecule is O=C(O)C1C=Cc2ccccc2OC1. The van der Waals surface area contributed by atoms with Crippen molar-refractivity contribution in [3.8, 4) is 5.75 Å². The second-order valence-corrected chi connectivity index (χ2v) is 3.15. The van der Waals surface area contributed by atoms with Crippen molar-refractivity contribution in [3.63, 3.8) is 0 Å². The molecule has 1 aliphatic heterocycles. The lowest BCUT2D eigenvalue weighted by Crippen LogP contribution is -2.18. The van der Waals surface area contributed by atoms with E-state index in [1.54, 1.807) is 12.2 Å². The van der Waals surface area contributed by atoms with Crippen LogP contribution in [0.5, 0.6) is 5.75 Å². The number of carboxylic acid groups (broad SMARTS) is 1. The largest absolute Gasteiger partial charge is 0.492 e. The third-order valence-corrected chi connectivity index (χ3v) is 2.16. The first-order valence-corrected chi connectivity index (χ1v) is 4.40. The summed E-state index contributed by atoms with van der Waals surface area (Å²) < 4.78 is 5.38. The maximum atomic E-state index is 10.7. The summed E-state index contributed by atoms with van der Waals surface area (Å²) in [5, 5.41) is 8.81. The third kappa shape index (κ3) is 1.62. The molecule has 0 saturated heterocycles. The van der Waals surface area contributed by atoms with Gasteiger partial charge in [0, 0.05) is 5.56 Å². The Balaban J connectivity index is 2.29. The molecule has 1 atom stereocenters. The van der Waals surface area contributed by atoms with Gasteiger partial charge in [0.2, 0.25) is 0 Å². The van der Waals surface area contributed by atoms with Crippen molar-refractivity contribution in [2.24, 2.45) is 5.92 Å². The van der Waals surface area contributed by atoms with Crippen molar-refractivity contribution in [1.29, 1.82) is 0 Å². The number of aliphatic carboxylic acids is 1. The van der Waals surface area contributed by atoms with Crippen LogP contribution in [0.2, 0.25) is 0 Å². The first kappa shape index (κ1) is 8.81. The number of hydrogen-bond acceptors (Lipinski definition) is 2. The Labute approximate surface area is 81.6 Å². The first-order chi connectivity index (χ1) is 6.77. The molecule has 1 unspecified atom stereocenters. The van der Waals surface area contributed by atoms with Crippen LogP contribution in [0.4, 0.5) is 0 Å². The number of benzene rings is 1. The summed E-state index contributed by atoms with van der Waals surface area (Å²) in [4.78, 5) is 10.7. The summed E-state index contributed by atoms with van der Waals surface area (Å²) in [7, 11) is 0. The van der Waals surface area contributed by atoms with Crippen molar-refractivity contribution >= 4 is 12.0 Å². The highest BCUT2D eigenvalue weighted by atomic mass is 16.5. The average Bonchev–Trinajstić information content (AvgIpc) is 2.39. The molecule has 0 aromatic heterocycles. The van der Waals surface area contributed by atoms with Gasteiger partial charge in [-0.25, -0.2) is 0 Å². The maximum Gasteiger partial charge on any atom is 0.313 e. The molecule has 0 bridgehead atoms. The van der Waals surface area contributed by atoms with Gasteiger partial charge >= 0.3 is 5.97 Å². The lowest BCUT2D eigenvalue weighted by Gasteiger charge is -2.07. The minimum atomic E-state index is -0.853. The van der Waals surface area contributed by atoms with Gasteiger partial charge in [0.25, 0.3) is 0 Å². The van der Waals surface area contributed by atoms with Crippen LogP contribution >= 0.6 is 0 Å². The minimum absolute atomic E-state index is 0.197. The molecule has 0 saturated carbocycles. The Morgan fingerprint density at radius 3 is 3.00 bits per heavy atom. The van der Waals surface area contributed by atoms with E-state index in [1.807, 2.05) is 24.3 Å². The molecule has 0 aliphatic carbocycles. The molecular weight excluding hydrogens is 180 g/mol. The van der Waals surface area contributed by atoms with Crippen LogP contribution in [0.3, 0.4) is 0 Å². The van der Waals surface area contributed by atoms with Gasteiger partial charge in [-0.05, 0) is 6.07 Å². The second kappa shape index (κ2) is 3.54. The first-order valence-electron chi connectivity index (χ1n) is 4.40. The zero-order valence-corrected chi connectivity index (χ0v) is 7.51. The van der Waals surface area contributed by atoms with Crippen LogP contribution < -0.4 is 4.74 Å². The highest BCUT2D eigenvalue weighted by Gasteiger charge is 2.17. The van der Waals surface area contributed by atoms with Gasteiger partial charge in [0.15, 0.2) is 0 Å². The van der Waals surface area contributed by atoms with Crippen molar-refractivity contribution in [2.75, 3.05) is 6.61 Å². The van der Waals surface area contributed by atoms with E-state index >= 15 is 0 Å². The summed E-state index contributed by atoms with van der Waals surface area (Å²) in [6.07, 6.45) is 3.45. The molecule has 1 aromatic rings. The zero-order chi connectivity index (χ0) is 9.97. The summed E-state index contributed by atoms with van der Waals surface area (Å²) in [6.45, 7) is 0.197. The highest BCUT2D eigenvalue weighted by molar-refractivity contribution is 5.75. The number of carboxylic acids is 1. The molecule has 1 aromatic carbocycles. The molecule has 2 rings (SSSR count). The van der Waals surface area contributed by atoms with E-state index in [2.05, 4.69) is 0 Å². The van der Waals surface area contributed by atoms with Crippen LogP contribution in [0.25, 0.3) is 6.08 Å². The molecule has 0 amide bonds. The standard InChI is InChI=1S/C11H10O3/c12-11(13)9-6-5-8-3-1-2-4-10(8)14-7-9/h1-6,9H,7H2,(H,12,13). The Bertz CT molecular complexity index is 382. The Kier molecular flexibility index (Phi) is 2.23. The molecule has 3 heteroatoms. The number of carbonyl (C=O) groups is 1. The van der Waals surface area contributed by atoms with Gasteiger partial charge < -0.3 is 9.84 Å². The van der Waals surface area contributed by atoms with E-state index in [0.29, 0.717) is 0 Å². The monoisotopic (exact) mass is 190 g/mol. The Hall–Kier alpha value is -1.77. The Morgan fingerprint density at radius 2 is 2.21 bits per heavy atom. The summed E-state index contributed by atoms with van der Waals surface area (Å²) in [5.41, 5.74) is 0.927. The van der Waals surface area contributed by atoms with Gasteiger partial charge in [-0.2, -0.15) is 0 Å². The van der Waals surface area contributed by atoms with Crippen molar-refractivity contribution in [2.45, 2.75) is 0 Å². The number of rotatable bonds is 1. The van der Waals surface area contributed by atoms with Gasteiger partial charge in [-0.3, -0.25) is 4.79 Å². The van der Waals surface area contributed by atoms with Crippen molar-refractivity contribution in [1.82, 2.24) is 0 Å². The van der Waals surface area contributed by atoms with Crippen LogP contribution in [-0.4, -0.2) is 17.7 Å². The predicted octanol–water partition coefficient (Wildman–Crippen LogP) is 1.79. The smallest absolute Gasteiger partial charge is 0.313 e. The fourth-order valence-electron chi connectivity index (χ4n) is 1.36. The molecule has 14 heavy (non-hydrogen) atoms. The predicted molar refractivity (Wildman–Crippen MR) is 52.1 cm³/mol. The number of ether oxygens (including phenoxy) is 1. The quantitative estimate of drug-likeness (QED) is 0.734. The number of hydrogen-bond donors (Lipinski definition) is 1. The van der Waals surface area contributed by atoms with E-state index in [4.69, 9.17) is 9.84 Å². The molecule has 0 spiro atoms. The molecule has 72 valence electrons. The van der Waals surface area contributed by atoms with Crippen molar-refractivity contribution in [3.05, 3.63) is 35.9 Å². The van der Waals surface area contributed by atoms with E-state index in [1.165, 1.54) is 0 Å². The van der Waals surface area contributed by atoms with Gasteiger partial charge in [0.1, 0.15) is 18.3 Å². The highest BCUT2D eigenvalue weighted by Crippen LogP contribution is 2.23. The maximum absolute atomic E-state index is 10.7. The zero-order valence-electron chi connectivity index (χ0n) is 7.51. The lowest BCUT2D eigenvalue weighted by atomic mass is 10.1. The van der Waals surface area contributed by atoms with Gasteiger partial charge in [-0.1, -0.05) is 30.4 Å². The molecule has 1 heterocycles. The third-order valence-electron chi connectivity index (χ3n) is 2.16. The summed E-state index contributed by atoms with van der Waals surface area (Å²) >= 11 is 0. The molecule has 1 aliphatic rings. The fourth-order valence-corrected chi connectivity index (χ4v) is 1.36. The van der Waals surface area contributed by atoms with Crippen LogP contribution in [0, 0.1) is 5.92 Å². The molecule has 3 nitrogen and oxygen atoms in total. The summed E-state index contributed by atoms with van der Waals surface area (Å²) in [5.74, 6) is -0.663. The van der Waals surface area contributed by atoms with Crippen LogP contribution in [0.15, 0.2) is 30.3 Å².